The second kappa shape index (κ2) is 13.0. The highest BCUT2D eigenvalue weighted by Gasteiger charge is 2.32. The molecule has 0 spiro atoms. The molecule has 0 fully saturated rings. The van der Waals surface area contributed by atoms with Gasteiger partial charge >= 0.3 is 0 Å². The minimum atomic E-state index is -4.13. The molecule has 202 valence electrons. The Morgan fingerprint density at radius 1 is 0.974 bits per heavy atom. The van der Waals surface area contributed by atoms with Gasteiger partial charge < -0.3 is 10.2 Å². The molecule has 2 amide bonds. The standard InChI is InChI=1S/C28H31BrFN3O4S/c1-4-20(2)31-28(35)21(3)32(18-22-13-15-24(30)16-14-22)27(34)19-33(25-10-8-9-23(29)17-25)38(36,37)26-11-6-5-7-12-26/h5-17,20-21H,4,18-19H2,1-3H3,(H,31,35)/t20-,21+/m1/s1. The number of benzene rings is 3. The molecule has 0 saturated carbocycles. The van der Waals surface area contributed by atoms with Crippen LogP contribution in [-0.2, 0) is 26.2 Å². The molecule has 2 atom stereocenters. The highest BCUT2D eigenvalue weighted by molar-refractivity contribution is 9.10. The fraction of sp³-hybridized carbons (Fsp3) is 0.286. The van der Waals surface area contributed by atoms with Crippen molar-refractivity contribution in [3.05, 3.63) is 94.7 Å². The molecule has 3 rings (SSSR count). The summed E-state index contributed by atoms with van der Waals surface area (Å²) in [5.74, 6) is -1.38. The number of hydrogen-bond acceptors (Lipinski definition) is 4. The minimum absolute atomic E-state index is 0.00802. The SMILES string of the molecule is CC[C@@H](C)NC(=O)[C@H](C)N(Cc1ccc(F)cc1)C(=O)CN(c1cccc(Br)c1)S(=O)(=O)c1ccccc1. The fourth-order valence-electron chi connectivity index (χ4n) is 3.71. The molecule has 3 aromatic rings. The van der Waals surface area contributed by atoms with Crippen LogP contribution < -0.4 is 9.62 Å². The number of sulfonamides is 1. The van der Waals surface area contributed by atoms with Crippen molar-refractivity contribution < 1.29 is 22.4 Å². The Hall–Kier alpha value is -3.24. The van der Waals surface area contributed by atoms with Crippen molar-refractivity contribution in [1.29, 1.82) is 0 Å². The molecule has 38 heavy (non-hydrogen) atoms. The summed E-state index contributed by atoms with van der Waals surface area (Å²) in [5, 5.41) is 2.88. The van der Waals surface area contributed by atoms with E-state index in [0.717, 1.165) is 4.31 Å². The van der Waals surface area contributed by atoms with Crippen molar-refractivity contribution >= 4 is 43.5 Å². The Bertz CT molecular complexity index is 1350. The lowest BCUT2D eigenvalue weighted by atomic mass is 10.1. The molecule has 0 aromatic heterocycles. The first-order chi connectivity index (χ1) is 18.0. The van der Waals surface area contributed by atoms with Gasteiger partial charge in [-0.15, -0.1) is 0 Å². The van der Waals surface area contributed by atoms with Gasteiger partial charge in [0.15, 0.2) is 0 Å². The molecular weight excluding hydrogens is 573 g/mol. The predicted octanol–water partition coefficient (Wildman–Crippen LogP) is 5.12. The number of hydrogen-bond donors (Lipinski definition) is 1. The minimum Gasteiger partial charge on any atom is -0.352 e. The maximum atomic E-state index is 13.8. The van der Waals surface area contributed by atoms with Crippen LogP contribution in [0.4, 0.5) is 10.1 Å². The van der Waals surface area contributed by atoms with Crippen molar-refractivity contribution in [2.24, 2.45) is 0 Å². The number of anilines is 1. The van der Waals surface area contributed by atoms with Gasteiger partial charge in [0.1, 0.15) is 18.4 Å². The quantitative estimate of drug-likeness (QED) is 0.330. The van der Waals surface area contributed by atoms with Crippen LogP contribution in [0.15, 0.2) is 88.2 Å². The summed E-state index contributed by atoms with van der Waals surface area (Å²) in [6.45, 7) is 4.83. The van der Waals surface area contributed by atoms with Gasteiger partial charge in [-0.3, -0.25) is 13.9 Å². The fourth-order valence-corrected chi connectivity index (χ4v) is 5.53. The van der Waals surface area contributed by atoms with Gasteiger partial charge in [0.05, 0.1) is 10.6 Å². The van der Waals surface area contributed by atoms with Crippen LogP contribution in [0.3, 0.4) is 0 Å². The predicted molar refractivity (Wildman–Crippen MR) is 149 cm³/mol. The number of rotatable bonds is 11. The number of amides is 2. The maximum absolute atomic E-state index is 13.8. The van der Waals surface area contributed by atoms with Crippen LogP contribution in [-0.4, -0.2) is 43.8 Å². The Balaban J connectivity index is 2.01. The summed E-state index contributed by atoms with van der Waals surface area (Å²) >= 11 is 3.37. The number of nitrogens with one attached hydrogen (secondary N) is 1. The molecule has 0 bridgehead atoms. The first kappa shape index (κ1) is 29.3. The van der Waals surface area contributed by atoms with Gasteiger partial charge in [-0.2, -0.15) is 0 Å². The van der Waals surface area contributed by atoms with Gasteiger partial charge in [0.25, 0.3) is 10.0 Å². The molecule has 0 unspecified atom stereocenters. The maximum Gasteiger partial charge on any atom is 0.264 e. The van der Waals surface area contributed by atoms with E-state index in [1.165, 1.54) is 41.3 Å². The van der Waals surface area contributed by atoms with Crippen LogP contribution in [0, 0.1) is 5.82 Å². The molecule has 0 aliphatic carbocycles. The van der Waals surface area contributed by atoms with E-state index in [2.05, 4.69) is 21.2 Å². The van der Waals surface area contributed by atoms with Crippen LogP contribution >= 0.6 is 15.9 Å². The van der Waals surface area contributed by atoms with E-state index in [1.54, 1.807) is 49.4 Å². The zero-order valence-electron chi connectivity index (χ0n) is 21.5. The lowest BCUT2D eigenvalue weighted by Gasteiger charge is -2.32. The van der Waals surface area contributed by atoms with Crippen molar-refractivity contribution in [2.45, 2.75) is 50.7 Å². The summed E-state index contributed by atoms with van der Waals surface area (Å²) in [4.78, 5) is 28.2. The lowest BCUT2D eigenvalue weighted by molar-refractivity contribution is -0.139. The third-order valence-corrected chi connectivity index (χ3v) is 8.42. The van der Waals surface area contributed by atoms with Crippen LogP contribution in [0.25, 0.3) is 0 Å². The van der Waals surface area contributed by atoms with Gasteiger partial charge in [-0.1, -0.05) is 59.3 Å². The van der Waals surface area contributed by atoms with Gasteiger partial charge in [-0.25, -0.2) is 12.8 Å². The molecule has 0 saturated heterocycles. The van der Waals surface area contributed by atoms with E-state index in [4.69, 9.17) is 0 Å². The second-order valence-electron chi connectivity index (χ2n) is 8.95. The van der Waals surface area contributed by atoms with Crippen LogP contribution in [0.1, 0.15) is 32.8 Å². The zero-order chi connectivity index (χ0) is 27.9. The van der Waals surface area contributed by atoms with E-state index in [0.29, 0.717) is 16.5 Å². The summed E-state index contributed by atoms with van der Waals surface area (Å²) in [6.07, 6.45) is 0.705. The number of nitrogens with zero attached hydrogens (tertiary/aromatic N) is 2. The first-order valence-corrected chi connectivity index (χ1v) is 14.4. The smallest absolute Gasteiger partial charge is 0.264 e. The first-order valence-electron chi connectivity index (χ1n) is 12.2. The molecule has 10 heteroatoms. The van der Waals surface area contributed by atoms with E-state index in [1.807, 2.05) is 13.8 Å². The van der Waals surface area contributed by atoms with Crippen molar-refractivity contribution in [2.75, 3.05) is 10.8 Å². The summed E-state index contributed by atoms with van der Waals surface area (Å²) in [7, 11) is -4.13. The van der Waals surface area contributed by atoms with Crippen LogP contribution in [0.5, 0.6) is 0 Å². The number of carbonyl (C=O) groups is 2. The van der Waals surface area contributed by atoms with Crippen molar-refractivity contribution in [3.63, 3.8) is 0 Å². The van der Waals surface area contributed by atoms with Gasteiger partial charge in [-0.05, 0) is 68.3 Å². The highest BCUT2D eigenvalue weighted by atomic mass is 79.9. The van der Waals surface area contributed by atoms with Crippen molar-refractivity contribution in [3.8, 4) is 0 Å². The Morgan fingerprint density at radius 2 is 1.63 bits per heavy atom. The average molecular weight is 605 g/mol. The molecular formula is C28H31BrFN3O4S. The molecule has 0 heterocycles. The topological polar surface area (TPSA) is 86.8 Å². The molecule has 1 N–H and O–H groups in total. The van der Waals surface area contributed by atoms with E-state index in [-0.39, 0.29) is 29.1 Å². The summed E-state index contributed by atoms with van der Waals surface area (Å²) in [5.41, 5.74) is 0.887. The van der Waals surface area contributed by atoms with E-state index >= 15 is 0 Å². The van der Waals surface area contributed by atoms with Gasteiger partial charge in [0, 0.05) is 17.1 Å². The Morgan fingerprint density at radius 3 is 2.24 bits per heavy atom. The van der Waals surface area contributed by atoms with E-state index < -0.39 is 34.3 Å². The van der Waals surface area contributed by atoms with E-state index in [9.17, 15) is 22.4 Å². The summed E-state index contributed by atoms with van der Waals surface area (Å²) < 4.78 is 42.6. The average Bonchev–Trinajstić information content (AvgIpc) is 2.91. The molecule has 7 nitrogen and oxygen atoms in total. The normalized spacial score (nSPS) is 12.9. The van der Waals surface area contributed by atoms with Crippen molar-refractivity contribution in [1.82, 2.24) is 10.2 Å². The second-order valence-corrected chi connectivity index (χ2v) is 11.7. The van der Waals surface area contributed by atoms with Gasteiger partial charge in [0.2, 0.25) is 11.8 Å². The Kier molecular flexibility index (Phi) is 10.0. The lowest BCUT2D eigenvalue weighted by Crippen LogP contribution is -2.52. The number of carbonyl (C=O) groups excluding carboxylic acids is 2. The monoisotopic (exact) mass is 603 g/mol. The van der Waals surface area contributed by atoms with Crippen LogP contribution in [0.2, 0.25) is 0 Å². The third-order valence-electron chi connectivity index (χ3n) is 6.14. The highest BCUT2D eigenvalue weighted by Crippen LogP contribution is 2.27. The molecule has 3 aromatic carbocycles. The molecule has 0 radical (unpaired) electrons. The molecule has 0 aliphatic heterocycles. The summed E-state index contributed by atoms with van der Waals surface area (Å²) in [6, 6.07) is 19.1. The number of halogens is 2. The largest absolute Gasteiger partial charge is 0.352 e. The third kappa shape index (κ3) is 7.41. The zero-order valence-corrected chi connectivity index (χ0v) is 23.9. The molecule has 0 aliphatic rings. The Labute approximate surface area is 231 Å².